The Kier molecular flexibility index (Phi) is 7.85. The van der Waals surface area contributed by atoms with E-state index in [0.717, 1.165) is 23.0 Å². The second kappa shape index (κ2) is 9.12. The quantitative estimate of drug-likeness (QED) is 0.829. The summed E-state index contributed by atoms with van der Waals surface area (Å²) in [6.07, 6.45) is 1.44. The predicted octanol–water partition coefficient (Wildman–Crippen LogP) is 2.27. The Balaban J connectivity index is 0.00000242. The van der Waals surface area contributed by atoms with Gasteiger partial charge in [-0.3, -0.25) is 9.59 Å². The van der Waals surface area contributed by atoms with E-state index >= 15 is 0 Å². The molecule has 2 N–H and O–H groups in total. The molecule has 1 fully saturated rings. The van der Waals surface area contributed by atoms with Crippen molar-refractivity contribution in [2.24, 2.45) is 5.92 Å². The van der Waals surface area contributed by atoms with Gasteiger partial charge in [-0.1, -0.05) is 15.9 Å². The van der Waals surface area contributed by atoms with E-state index in [-0.39, 0.29) is 30.1 Å². The Morgan fingerprint density at radius 3 is 2.36 bits per heavy atom. The molecule has 0 atom stereocenters. The molecule has 0 saturated carbocycles. The molecule has 1 aliphatic rings. The number of likely N-dealkylation sites (N-methyl/N-ethyl adjacent to an activating group) is 1. The zero-order valence-corrected chi connectivity index (χ0v) is 14.9. The highest BCUT2D eigenvalue weighted by Gasteiger charge is 2.26. The van der Waals surface area contributed by atoms with Crippen LogP contribution in [-0.2, 0) is 9.59 Å². The minimum atomic E-state index is -0.0210. The summed E-state index contributed by atoms with van der Waals surface area (Å²) in [5, 5.41) is 5.79. The first kappa shape index (κ1) is 18.9. The van der Waals surface area contributed by atoms with Gasteiger partial charge in [-0.2, -0.15) is 0 Å². The lowest BCUT2D eigenvalue weighted by Crippen LogP contribution is -2.44. The fourth-order valence-electron chi connectivity index (χ4n) is 2.43. The summed E-state index contributed by atoms with van der Waals surface area (Å²) >= 11 is 3.37. The number of amides is 2. The summed E-state index contributed by atoms with van der Waals surface area (Å²) in [5.74, 6) is 0.120. The van der Waals surface area contributed by atoms with Gasteiger partial charge in [-0.15, -0.1) is 12.4 Å². The second-order valence-electron chi connectivity index (χ2n) is 5.18. The van der Waals surface area contributed by atoms with Crippen LogP contribution in [-0.4, -0.2) is 43.4 Å². The molecule has 1 aromatic carbocycles. The summed E-state index contributed by atoms with van der Waals surface area (Å²) in [4.78, 5) is 25.8. The lowest BCUT2D eigenvalue weighted by molar-refractivity contribution is -0.133. The molecule has 2 rings (SSSR count). The predicted molar refractivity (Wildman–Crippen MR) is 93.3 cm³/mol. The van der Waals surface area contributed by atoms with E-state index in [1.807, 2.05) is 29.2 Å². The fraction of sp³-hybridized carbons (Fsp3) is 0.467. The number of carbonyl (C=O) groups is 2. The number of nitrogens with zero attached hydrogens (tertiary/aromatic N) is 1. The third-order valence-corrected chi connectivity index (χ3v) is 4.19. The summed E-state index contributed by atoms with van der Waals surface area (Å²) in [6.45, 7) is 1.66. The molecule has 2 amide bonds. The fourth-order valence-corrected chi connectivity index (χ4v) is 2.70. The van der Waals surface area contributed by atoms with E-state index < -0.39 is 0 Å². The van der Waals surface area contributed by atoms with Crippen molar-refractivity contribution in [1.29, 1.82) is 0 Å². The Labute approximate surface area is 145 Å². The van der Waals surface area contributed by atoms with E-state index in [4.69, 9.17) is 0 Å². The van der Waals surface area contributed by atoms with Crippen LogP contribution in [0.15, 0.2) is 28.7 Å². The minimum Gasteiger partial charge on any atom is -0.342 e. The molecule has 0 unspecified atom stereocenters. The number of rotatable bonds is 4. The van der Waals surface area contributed by atoms with Crippen molar-refractivity contribution in [3.8, 4) is 0 Å². The molecule has 1 aromatic rings. The Morgan fingerprint density at radius 1 is 1.23 bits per heavy atom. The first-order valence-corrected chi connectivity index (χ1v) is 7.88. The smallest absolute Gasteiger partial charge is 0.236 e. The molecule has 0 aliphatic carbocycles. The average Bonchev–Trinajstić information content (AvgIpc) is 2.50. The monoisotopic (exact) mass is 389 g/mol. The summed E-state index contributed by atoms with van der Waals surface area (Å²) in [7, 11) is 1.76. The number of anilines is 1. The lowest BCUT2D eigenvalue weighted by atomic mass is 9.95. The van der Waals surface area contributed by atoms with Gasteiger partial charge < -0.3 is 15.5 Å². The maximum atomic E-state index is 12.2. The van der Waals surface area contributed by atoms with E-state index in [0.29, 0.717) is 19.6 Å². The largest absolute Gasteiger partial charge is 0.342 e. The normalized spacial score (nSPS) is 15.1. The van der Waals surface area contributed by atoms with Crippen molar-refractivity contribution < 1.29 is 9.59 Å². The molecule has 5 nitrogen and oxygen atoms in total. The molecular weight excluding hydrogens is 370 g/mol. The van der Waals surface area contributed by atoms with E-state index in [2.05, 4.69) is 26.6 Å². The standard InChI is InChI=1S/C15H20BrN3O2.ClH/c1-17-10-14(20)19-8-6-11(7-9-19)15(21)18-13-4-2-12(16)3-5-13;/h2-5,11,17H,6-10H2,1H3,(H,18,21);1H. The van der Waals surface area contributed by atoms with Gasteiger partial charge in [0.2, 0.25) is 11.8 Å². The van der Waals surface area contributed by atoms with E-state index in [9.17, 15) is 9.59 Å². The van der Waals surface area contributed by atoms with Crippen LogP contribution >= 0.6 is 28.3 Å². The molecule has 1 aliphatic heterocycles. The van der Waals surface area contributed by atoms with Crippen molar-refractivity contribution >= 4 is 45.8 Å². The highest BCUT2D eigenvalue weighted by Crippen LogP contribution is 2.20. The molecule has 0 bridgehead atoms. The highest BCUT2D eigenvalue weighted by molar-refractivity contribution is 9.10. The number of likely N-dealkylation sites (tertiary alicyclic amines) is 1. The summed E-state index contributed by atoms with van der Waals surface area (Å²) in [6, 6.07) is 7.53. The summed E-state index contributed by atoms with van der Waals surface area (Å²) in [5.41, 5.74) is 0.803. The number of hydrogen-bond donors (Lipinski definition) is 2. The molecule has 0 spiro atoms. The zero-order valence-electron chi connectivity index (χ0n) is 12.5. The van der Waals surface area contributed by atoms with Crippen LogP contribution < -0.4 is 10.6 Å². The van der Waals surface area contributed by atoms with Crippen LogP contribution in [0.25, 0.3) is 0 Å². The maximum Gasteiger partial charge on any atom is 0.236 e. The van der Waals surface area contributed by atoms with Gasteiger partial charge >= 0.3 is 0 Å². The van der Waals surface area contributed by atoms with Crippen molar-refractivity contribution in [2.75, 3.05) is 32.0 Å². The van der Waals surface area contributed by atoms with Crippen LogP contribution in [0.2, 0.25) is 0 Å². The highest BCUT2D eigenvalue weighted by atomic mass is 79.9. The third kappa shape index (κ3) is 5.26. The Hall–Kier alpha value is -1.11. The molecule has 22 heavy (non-hydrogen) atoms. The third-order valence-electron chi connectivity index (χ3n) is 3.66. The van der Waals surface area contributed by atoms with Gasteiger partial charge in [-0.05, 0) is 44.2 Å². The molecule has 0 radical (unpaired) electrons. The molecule has 1 saturated heterocycles. The first-order valence-electron chi connectivity index (χ1n) is 7.09. The average molecular weight is 391 g/mol. The van der Waals surface area contributed by atoms with Gasteiger partial charge in [0.05, 0.1) is 6.54 Å². The lowest BCUT2D eigenvalue weighted by Gasteiger charge is -2.31. The summed E-state index contributed by atoms with van der Waals surface area (Å²) < 4.78 is 0.983. The van der Waals surface area contributed by atoms with E-state index in [1.165, 1.54) is 0 Å². The molecule has 0 aromatic heterocycles. The van der Waals surface area contributed by atoms with Crippen molar-refractivity contribution in [2.45, 2.75) is 12.8 Å². The zero-order chi connectivity index (χ0) is 15.2. The van der Waals surface area contributed by atoms with Crippen molar-refractivity contribution in [3.05, 3.63) is 28.7 Å². The number of halogens is 2. The van der Waals surface area contributed by atoms with Crippen LogP contribution in [0.4, 0.5) is 5.69 Å². The number of piperidine rings is 1. The first-order chi connectivity index (χ1) is 10.1. The second-order valence-corrected chi connectivity index (χ2v) is 6.10. The van der Waals surface area contributed by atoms with Gasteiger partial charge in [0.15, 0.2) is 0 Å². The van der Waals surface area contributed by atoms with E-state index in [1.54, 1.807) is 7.05 Å². The maximum absolute atomic E-state index is 12.2. The SMILES string of the molecule is CNCC(=O)N1CCC(C(=O)Nc2ccc(Br)cc2)CC1.Cl. The van der Waals surface area contributed by atoms with Gasteiger partial charge in [0.25, 0.3) is 0 Å². The number of benzene rings is 1. The molecule has 1 heterocycles. The molecule has 7 heteroatoms. The number of carbonyl (C=O) groups excluding carboxylic acids is 2. The van der Waals surface area contributed by atoms with Crippen LogP contribution in [0.3, 0.4) is 0 Å². The van der Waals surface area contributed by atoms with Crippen LogP contribution in [0.5, 0.6) is 0 Å². The van der Waals surface area contributed by atoms with Crippen molar-refractivity contribution in [3.63, 3.8) is 0 Å². The topological polar surface area (TPSA) is 61.4 Å². The van der Waals surface area contributed by atoms with Crippen molar-refractivity contribution in [1.82, 2.24) is 10.2 Å². The molecule has 122 valence electrons. The van der Waals surface area contributed by atoms with Crippen LogP contribution in [0, 0.1) is 5.92 Å². The Bertz CT molecular complexity index is 502. The minimum absolute atomic E-state index is 0. The van der Waals surface area contributed by atoms with Gasteiger partial charge in [0.1, 0.15) is 0 Å². The molecular formula is C15H21BrClN3O2. The van der Waals surface area contributed by atoms with Crippen LogP contribution in [0.1, 0.15) is 12.8 Å². The van der Waals surface area contributed by atoms with Gasteiger partial charge in [-0.25, -0.2) is 0 Å². The van der Waals surface area contributed by atoms with Gasteiger partial charge in [0, 0.05) is 29.2 Å². The Morgan fingerprint density at radius 2 is 1.82 bits per heavy atom. The number of nitrogens with one attached hydrogen (secondary N) is 2. The number of hydrogen-bond acceptors (Lipinski definition) is 3.